The number of nitrogens with zero attached hydrogens (tertiary/aromatic N) is 2. The van der Waals surface area contributed by atoms with Crippen LogP contribution in [0.15, 0.2) is 76.8 Å². The number of thiocarbonyl (C=S) groups is 1. The highest BCUT2D eigenvalue weighted by Crippen LogP contribution is 2.30. The Labute approximate surface area is 192 Å². The number of ether oxygens (including phenoxy) is 2. The van der Waals surface area contributed by atoms with Crippen molar-refractivity contribution in [1.82, 2.24) is 15.2 Å². The van der Waals surface area contributed by atoms with Crippen molar-refractivity contribution in [3.05, 3.63) is 71.8 Å². The van der Waals surface area contributed by atoms with Crippen molar-refractivity contribution in [2.75, 3.05) is 27.3 Å². The summed E-state index contributed by atoms with van der Waals surface area (Å²) in [4.78, 5) is 16.8. The molecule has 2 aliphatic rings. The van der Waals surface area contributed by atoms with E-state index in [2.05, 4.69) is 44.6 Å². The molecular weight excluding hydrogens is 424 g/mol. The molecule has 0 saturated carbocycles. The number of carbonyl (C=O) groups is 1. The number of dihydropyridines is 1. The van der Waals surface area contributed by atoms with Crippen molar-refractivity contribution in [2.24, 2.45) is 10.9 Å². The Hall–Kier alpha value is -3.39. The molecule has 8 heteroatoms. The number of aliphatic imine (C=N–C) groups is 1. The molecule has 0 saturated heterocycles. The highest BCUT2D eigenvalue weighted by atomic mass is 32.1. The fourth-order valence-electron chi connectivity index (χ4n) is 3.93. The number of aromatic nitrogens is 1. The molecular formula is C24H26N4O3S. The van der Waals surface area contributed by atoms with Crippen molar-refractivity contribution < 1.29 is 14.3 Å². The molecule has 0 spiro atoms. The lowest BCUT2D eigenvalue weighted by molar-refractivity contribution is -0.114. The summed E-state index contributed by atoms with van der Waals surface area (Å²) in [5.41, 5.74) is 2.42. The monoisotopic (exact) mass is 450 g/mol. The van der Waals surface area contributed by atoms with Gasteiger partial charge in [-0.2, -0.15) is 0 Å². The van der Waals surface area contributed by atoms with E-state index < -0.39 is 0 Å². The van der Waals surface area contributed by atoms with Crippen molar-refractivity contribution in [2.45, 2.75) is 13.0 Å². The number of benzene rings is 1. The SMILES string of the molecule is COC1=CC=C(OC)C2C=C(CCNC(=S)NCCn3ccc4ccccc43)C(=O)N=C12. The lowest BCUT2D eigenvalue weighted by Crippen LogP contribution is -2.38. The molecule has 1 amide bonds. The number of rotatable bonds is 8. The first-order valence-electron chi connectivity index (χ1n) is 10.5. The van der Waals surface area contributed by atoms with E-state index in [9.17, 15) is 4.79 Å². The predicted molar refractivity (Wildman–Crippen MR) is 129 cm³/mol. The van der Waals surface area contributed by atoms with Crippen LogP contribution in [0, 0.1) is 5.92 Å². The average molecular weight is 451 g/mol. The van der Waals surface area contributed by atoms with E-state index in [1.807, 2.05) is 24.3 Å². The largest absolute Gasteiger partial charge is 0.500 e. The molecule has 166 valence electrons. The normalized spacial score (nSPS) is 17.6. The van der Waals surface area contributed by atoms with Gasteiger partial charge < -0.3 is 24.7 Å². The Balaban J connectivity index is 1.26. The van der Waals surface area contributed by atoms with Gasteiger partial charge in [0.15, 0.2) is 5.11 Å². The fourth-order valence-corrected chi connectivity index (χ4v) is 4.13. The highest BCUT2D eigenvalue weighted by Gasteiger charge is 2.32. The second-order valence-corrected chi connectivity index (χ2v) is 7.89. The van der Waals surface area contributed by atoms with Crippen LogP contribution in [0.2, 0.25) is 0 Å². The number of fused-ring (bicyclic) bond motifs is 2. The van der Waals surface area contributed by atoms with Crippen LogP contribution in [0.1, 0.15) is 6.42 Å². The van der Waals surface area contributed by atoms with Gasteiger partial charge in [0.25, 0.3) is 5.91 Å². The van der Waals surface area contributed by atoms with Gasteiger partial charge in [-0.05, 0) is 48.3 Å². The number of nitrogens with one attached hydrogen (secondary N) is 2. The quantitative estimate of drug-likeness (QED) is 0.602. The predicted octanol–water partition coefficient (Wildman–Crippen LogP) is 3.09. The molecule has 2 N–H and O–H groups in total. The van der Waals surface area contributed by atoms with E-state index in [0.29, 0.717) is 41.7 Å². The molecule has 2 heterocycles. The Morgan fingerprint density at radius 2 is 1.94 bits per heavy atom. The Kier molecular flexibility index (Phi) is 6.70. The van der Waals surface area contributed by atoms with Crippen molar-refractivity contribution in [1.29, 1.82) is 0 Å². The Morgan fingerprint density at radius 3 is 2.75 bits per heavy atom. The number of para-hydroxylation sites is 1. The Bertz CT molecular complexity index is 1160. The molecule has 4 rings (SSSR count). The molecule has 1 aliphatic heterocycles. The van der Waals surface area contributed by atoms with Crippen LogP contribution in [0.3, 0.4) is 0 Å². The number of carbonyl (C=O) groups excluding carboxylic acids is 1. The van der Waals surface area contributed by atoms with Crippen molar-refractivity contribution in [3.63, 3.8) is 0 Å². The van der Waals surface area contributed by atoms with Gasteiger partial charge >= 0.3 is 0 Å². The summed E-state index contributed by atoms with van der Waals surface area (Å²) in [6, 6.07) is 10.4. The smallest absolute Gasteiger partial charge is 0.273 e. The molecule has 7 nitrogen and oxygen atoms in total. The fraction of sp³-hybridized carbons (Fsp3) is 0.292. The van der Waals surface area contributed by atoms with Gasteiger partial charge in [0.05, 0.1) is 20.1 Å². The summed E-state index contributed by atoms with van der Waals surface area (Å²) < 4.78 is 13.0. The molecule has 1 atom stereocenters. The first kappa shape index (κ1) is 21.8. The van der Waals surface area contributed by atoms with Gasteiger partial charge in [0, 0.05) is 36.9 Å². The molecule has 1 unspecified atom stereocenters. The van der Waals surface area contributed by atoms with Crippen LogP contribution in [-0.4, -0.2) is 48.6 Å². The molecule has 0 fully saturated rings. The molecule has 2 aromatic rings. The lowest BCUT2D eigenvalue weighted by Gasteiger charge is -2.26. The lowest BCUT2D eigenvalue weighted by atomic mass is 9.89. The molecule has 1 aliphatic carbocycles. The zero-order valence-electron chi connectivity index (χ0n) is 18.1. The first-order valence-corrected chi connectivity index (χ1v) is 10.9. The summed E-state index contributed by atoms with van der Waals surface area (Å²) in [5.74, 6) is 0.849. The van der Waals surface area contributed by atoms with Gasteiger partial charge in [-0.1, -0.05) is 24.3 Å². The highest BCUT2D eigenvalue weighted by molar-refractivity contribution is 7.80. The third-order valence-electron chi connectivity index (χ3n) is 5.57. The third-order valence-corrected chi connectivity index (χ3v) is 5.86. The van der Waals surface area contributed by atoms with Gasteiger partial charge in [-0.25, -0.2) is 4.99 Å². The van der Waals surface area contributed by atoms with E-state index in [0.717, 1.165) is 12.3 Å². The zero-order valence-corrected chi connectivity index (χ0v) is 18.9. The second kappa shape index (κ2) is 9.82. The van der Waals surface area contributed by atoms with Crippen LogP contribution in [0.5, 0.6) is 0 Å². The zero-order chi connectivity index (χ0) is 22.5. The molecule has 32 heavy (non-hydrogen) atoms. The summed E-state index contributed by atoms with van der Waals surface area (Å²) in [7, 11) is 3.18. The topological polar surface area (TPSA) is 76.9 Å². The van der Waals surface area contributed by atoms with Crippen LogP contribution < -0.4 is 10.6 Å². The van der Waals surface area contributed by atoms with E-state index >= 15 is 0 Å². The minimum atomic E-state index is -0.253. The summed E-state index contributed by atoms with van der Waals surface area (Å²) in [6.07, 6.45) is 8.11. The molecule has 1 aromatic carbocycles. The number of hydrogen-bond acceptors (Lipinski definition) is 4. The average Bonchev–Trinajstić information content (AvgIpc) is 3.22. The summed E-state index contributed by atoms with van der Waals surface area (Å²) >= 11 is 5.39. The number of allylic oxidation sites excluding steroid dienone is 4. The summed E-state index contributed by atoms with van der Waals surface area (Å²) in [5, 5.41) is 8.18. The second-order valence-electron chi connectivity index (χ2n) is 7.48. The molecule has 0 bridgehead atoms. The van der Waals surface area contributed by atoms with Gasteiger partial charge in [-0.3, -0.25) is 4.79 Å². The third kappa shape index (κ3) is 4.60. The standard InChI is InChI=1S/C24H26N4O3S/c1-30-20-7-8-21(31-2)22-18(20)15-17(23(29)27-22)9-11-25-24(32)26-12-14-28-13-10-16-5-3-4-6-19(16)28/h3-8,10,13,15,18H,9,11-12,14H2,1-2H3,(H2,25,26,32). The van der Waals surface area contributed by atoms with E-state index in [4.69, 9.17) is 21.7 Å². The van der Waals surface area contributed by atoms with Crippen molar-refractivity contribution in [3.8, 4) is 0 Å². The van der Waals surface area contributed by atoms with Crippen LogP contribution in [-0.2, 0) is 20.8 Å². The van der Waals surface area contributed by atoms with Crippen LogP contribution >= 0.6 is 12.2 Å². The number of hydrogen-bond donors (Lipinski definition) is 2. The van der Waals surface area contributed by atoms with Gasteiger partial charge in [-0.15, -0.1) is 0 Å². The maximum Gasteiger partial charge on any atom is 0.273 e. The van der Waals surface area contributed by atoms with Crippen molar-refractivity contribution >= 4 is 39.9 Å². The summed E-state index contributed by atoms with van der Waals surface area (Å²) in [6.45, 7) is 2.04. The number of amides is 1. The Morgan fingerprint density at radius 1 is 1.12 bits per heavy atom. The maximum absolute atomic E-state index is 12.5. The molecule has 0 radical (unpaired) electrons. The minimum absolute atomic E-state index is 0.214. The van der Waals surface area contributed by atoms with E-state index in [-0.39, 0.29) is 11.8 Å². The van der Waals surface area contributed by atoms with E-state index in [1.54, 1.807) is 20.3 Å². The first-order chi connectivity index (χ1) is 15.6. The molecule has 1 aromatic heterocycles. The van der Waals surface area contributed by atoms with Crippen LogP contribution in [0.25, 0.3) is 10.9 Å². The number of methoxy groups -OCH3 is 2. The van der Waals surface area contributed by atoms with E-state index in [1.165, 1.54) is 10.9 Å². The minimum Gasteiger partial charge on any atom is -0.500 e. The maximum atomic E-state index is 12.5. The van der Waals surface area contributed by atoms with Gasteiger partial charge in [0.1, 0.15) is 17.2 Å². The van der Waals surface area contributed by atoms with Gasteiger partial charge in [0.2, 0.25) is 0 Å². The van der Waals surface area contributed by atoms with Crippen LogP contribution in [0.4, 0.5) is 0 Å².